The van der Waals surface area contributed by atoms with Crippen molar-refractivity contribution in [3.05, 3.63) is 53.6 Å². The summed E-state index contributed by atoms with van der Waals surface area (Å²) in [6.45, 7) is 0.413. The summed E-state index contributed by atoms with van der Waals surface area (Å²) in [6.07, 6.45) is 3.77. The minimum Gasteiger partial charge on any atom is -0.481 e. The lowest BCUT2D eigenvalue weighted by molar-refractivity contribution is -0.137. The van der Waals surface area contributed by atoms with E-state index in [1.54, 1.807) is 0 Å². The van der Waals surface area contributed by atoms with Crippen molar-refractivity contribution < 1.29 is 22.7 Å². The quantitative estimate of drug-likeness (QED) is 0.818. The number of fused-ring (bicyclic) bond motifs is 1. The summed E-state index contributed by atoms with van der Waals surface area (Å²) < 4.78 is 42.4. The predicted molar refractivity (Wildman–Crippen MR) is 89.2 cm³/mol. The van der Waals surface area contributed by atoms with Crippen molar-refractivity contribution in [2.24, 2.45) is 0 Å². The predicted octanol–water partition coefficient (Wildman–Crippen LogP) is 1.94. The maximum absolute atomic E-state index is 13.0. The number of sulfonamides is 1. The van der Waals surface area contributed by atoms with E-state index in [9.17, 15) is 17.6 Å². The number of rotatable bonds is 6. The van der Waals surface area contributed by atoms with Crippen LogP contribution in [0.1, 0.15) is 24.1 Å². The van der Waals surface area contributed by atoms with E-state index < -0.39 is 21.8 Å². The normalized spacial score (nSPS) is 17.2. The van der Waals surface area contributed by atoms with Crippen molar-refractivity contribution >= 4 is 16.0 Å². The van der Waals surface area contributed by atoms with Gasteiger partial charge in [-0.1, -0.05) is 0 Å². The Morgan fingerprint density at radius 1 is 1.28 bits per heavy atom. The third-order valence-corrected chi connectivity index (χ3v) is 5.92. The number of carboxylic acids is 1. The molecule has 2 N–H and O–H groups in total. The molecule has 25 heavy (non-hydrogen) atoms. The number of hydrogen-bond acceptors (Lipinski definition) is 3. The number of aryl methyl sites for hydroxylation is 1. The Hall–Kier alpha value is -2.19. The van der Waals surface area contributed by atoms with E-state index in [2.05, 4.69) is 4.72 Å². The topological polar surface area (TPSA) is 88.4 Å². The molecule has 0 amide bonds. The molecule has 0 radical (unpaired) electrons. The summed E-state index contributed by atoms with van der Waals surface area (Å²) in [7, 11) is -3.70. The highest BCUT2D eigenvalue weighted by Gasteiger charge is 2.26. The van der Waals surface area contributed by atoms with Gasteiger partial charge in [-0.25, -0.2) is 17.5 Å². The van der Waals surface area contributed by atoms with Crippen LogP contribution in [-0.2, 0) is 34.2 Å². The molecular formula is C17H19FN2O4S. The number of benzene rings is 1. The van der Waals surface area contributed by atoms with Crippen LogP contribution in [0.3, 0.4) is 0 Å². The van der Waals surface area contributed by atoms with Crippen LogP contribution < -0.4 is 4.72 Å². The van der Waals surface area contributed by atoms with Gasteiger partial charge in [-0.05, 0) is 55.2 Å². The lowest BCUT2D eigenvalue weighted by Gasteiger charge is -2.24. The number of carboxylic acid groups (broad SMARTS) is 1. The molecule has 0 fully saturated rings. The smallest absolute Gasteiger partial charge is 0.305 e. The number of aliphatic carboxylic acids is 1. The van der Waals surface area contributed by atoms with Gasteiger partial charge in [0.05, 0.1) is 11.3 Å². The molecule has 1 aliphatic rings. The minimum atomic E-state index is -3.70. The maximum Gasteiger partial charge on any atom is 0.305 e. The second kappa shape index (κ2) is 6.97. The lowest BCUT2D eigenvalue weighted by Crippen LogP contribution is -2.38. The molecule has 1 atom stereocenters. The number of nitrogens with one attached hydrogen (secondary N) is 1. The highest BCUT2D eigenvalue weighted by atomic mass is 32.2. The van der Waals surface area contributed by atoms with Crippen LogP contribution in [0, 0.1) is 5.82 Å². The molecule has 0 bridgehead atoms. The fraction of sp³-hybridized carbons (Fsp3) is 0.353. The molecule has 134 valence electrons. The third-order valence-electron chi connectivity index (χ3n) is 4.38. The zero-order valence-corrected chi connectivity index (χ0v) is 14.3. The summed E-state index contributed by atoms with van der Waals surface area (Å²) in [5, 5.41) is 8.80. The van der Waals surface area contributed by atoms with Gasteiger partial charge in [0, 0.05) is 24.5 Å². The lowest BCUT2D eigenvalue weighted by atomic mass is 9.94. The van der Waals surface area contributed by atoms with E-state index in [-0.39, 0.29) is 17.4 Å². The number of carbonyl (C=O) groups is 1. The monoisotopic (exact) mass is 366 g/mol. The highest BCUT2D eigenvalue weighted by Crippen LogP contribution is 2.24. The molecular weight excluding hydrogens is 347 g/mol. The van der Waals surface area contributed by atoms with Gasteiger partial charge in [0.25, 0.3) is 0 Å². The molecule has 1 heterocycles. The molecule has 0 spiro atoms. The van der Waals surface area contributed by atoms with Gasteiger partial charge < -0.3 is 9.67 Å². The van der Waals surface area contributed by atoms with Crippen LogP contribution in [-0.4, -0.2) is 30.1 Å². The van der Waals surface area contributed by atoms with Crippen LogP contribution in [0.5, 0.6) is 0 Å². The number of halogens is 1. The summed E-state index contributed by atoms with van der Waals surface area (Å²) in [5.74, 6) is -1.33. The second-order valence-corrected chi connectivity index (χ2v) is 7.85. The average Bonchev–Trinajstić information content (AvgIpc) is 2.95. The molecule has 1 aromatic carbocycles. The van der Waals surface area contributed by atoms with Gasteiger partial charge in [0.2, 0.25) is 10.0 Å². The molecule has 0 aliphatic heterocycles. The van der Waals surface area contributed by atoms with Gasteiger partial charge in [-0.3, -0.25) is 4.79 Å². The van der Waals surface area contributed by atoms with Crippen molar-refractivity contribution in [1.29, 1.82) is 0 Å². The average molecular weight is 366 g/mol. The minimum absolute atomic E-state index is 0.0405. The van der Waals surface area contributed by atoms with E-state index >= 15 is 0 Å². The zero-order chi connectivity index (χ0) is 18.0. The molecule has 8 heteroatoms. The summed E-state index contributed by atoms with van der Waals surface area (Å²) in [6, 6.07) is 6.41. The van der Waals surface area contributed by atoms with Crippen molar-refractivity contribution in [2.45, 2.75) is 43.2 Å². The van der Waals surface area contributed by atoms with Crippen LogP contribution in [0.15, 0.2) is 41.4 Å². The van der Waals surface area contributed by atoms with Gasteiger partial charge in [-0.15, -0.1) is 0 Å². The molecule has 6 nitrogen and oxygen atoms in total. The van der Waals surface area contributed by atoms with Gasteiger partial charge in [0.1, 0.15) is 5.82 Å². The fourth-order valence-corrected chi connectivity index (χ4v) is 4.42. The van der Waals surface area contributed by atoms with Crippen molar-refractivity contribution in [2.75, 3.05) is 0 Å². The largest absolute Gasteiger partial charge is 0.481 e. The molecule has 0 saturated heterocycles. The first kappa shape index (κ1) is 17.6. The van der Waals surface area contributed by atoms with Crippen molar-refractivity contribution in [3.8, 4) is 0 Å². The Balaban J connectivity index is 1.69. The molecule has 0 unspecified atom stereocenters. The van der Waals surface area contributed by atoms with E-state index in [1.165, 1.54) is 12.1 Å². The maximum atomic E-state index is 13.0. The zero-order valence-electron chi connectivity index (χ0n) is 13.5. The SMILES string of the molecule is O=C(O)CCn1ccc2c1CC[C@@H](NS(=O)(=O)c1ccc(F)cc1)C2. The van der Waals surface area contributed by atoms with Gasteiger partial charge in [0.15, 0.2) is 0 Å². The molecule has 2 aromatic rings. The third kappa shape index (κ3) is 4.08. The number of aromatic nitrogens is 1. The Kier molecular flexibility index (Phi) is 4.91. The second-order valence-electron chi connectivity index (χ2n) is 6.14. The van der Waals surface area contributed by atoms with Gasteiger partial charge >= 0.3 is 5.97 Å². The van der Waals surface area contributed by atoms with Gasteiger partial charge in [-0.2, -0.15) is 0 Å². The van der Waals surface area contributed by atoms with Crippen LogP contribution >= 0.6 is 0 Å². The first-order chi connectivity index (χ1) is 11.8. The molecule has 1 aliphatic carbocycles. The van der Waals surface area contributed by atoms with E-state index in [0.717, 1.165) is 23.4 Å². The summed E-state index contributed by atoms with van der Waals surface area (Å²) in [4.78, 5) is 10.8. The summed E-state index contributed by atoms with van der Waals surface area (Å²) >= 11 is 0. The van der Waals surface area contributed by atoms with E-state index in [4.69, 9.17) is 5.11 Å². The first-order valence-electron chi connectivity index (χ1n) is 8.02. The standard InChI is InChI=1S/C17H19FN2O4S/c18-13-1-4-15(5-2-13)25(23,24)19-14-3-6-16-12(11-14)7-9-20(16)10-8-17(21)22/h1-2,4-5,7,9,14,19H,3,6,8,10-11H2,(H,21,22)/t14-/m1/s1. The Morgan fingerprint density at radius 3 is 2.68 bits per heavy atom. The fourth-order valence-electron chi connectivity index (χ4n) is 3.15. The Labute approximate surface area is 145 Å². The Bertz CT molecular complexity index is 875. The van der Waals surface area contributed by atoms with E-state index in [0.29, 0.717) is 25.8 Å². The van der Waals surface area contributed by atoms with Crippen molar-refractivity contribution in [3.63, 3.8) is 0 Å². The van der Waals surface area contributed by atoms with E-state index in [1.807, 2.05) is 16.8 Å². The highest BCUT2D eigenvalue weighted by molar-refractivity contribution is 7.89. The van der Waals surface area contributed by atoms with Crippen LogP contribution in [0.2, 0.25) is 0 Å². The van der Waals surface area contributed by atoms with Crippen molar-refractivity contribution in [1.82, 2.24) is 9.29 Å². The van der Waals surface area contributed by atoms with Crippen LogP contribution in [0.25, 0.3) is 0 Å². The number of nitrogens with zero attached hydrogens (tertiary/aromatic N) is 1. The first-order valence-corrected chi connectivity index (χ1v) is 9.50. The molecule has 3 rings (SSSR count). The summed E-state index contributed by atoms with van der Waals surface area (Å²) in [5.41, 5.74) is 2.10. The number of hydrogen-bond donors (Lipinski definition) is 2. The molecule has 0 saturated carbocycles. The molecule has 1 aromatic heterocycles. The Morgan fingerprint density at radius 2 is 2.00 bits per heavy atom. The van der Waals surface area contributed by atoms with Crippen LogP contribution in [0.4, 0.5) is 4.39 Å².